The van der Waals surface area contributed by atoms with Gasteiger partial charge in [-0.3, -0.25) is 29.8 Å². The van der Waals surface area contributed by atoms with Gasteiger partial charge in [0.1, 0.15) is 0 Å². The first-order valence-electron chi connectivity index (χ1n) is 6.43. The van der Waals surface area contributed by atoms with Crippen LogP contribution in [-0.2, 0) is 0 Å². The number of non-ortho nitro benzene ring substituents is 2. The van der Waals surface area contributed by atoms with Crippen molar-refractivity contribution in [3.63, 3.8) is 0 Å². The number of nitro benzene ring substituents is 2. The SMILES string of the molecule is NC(=O)c1cc([N+](=O)[O-])ccc1C(=O)Nc1ccc([N+](=O)[O-])cc1. The van der Waals surface area contributed by atoms with E-state index in [1.54, 1.807) is 0 Å². The largest absolute Gasteiger partial charge is 0.366 e. The standard InChI is InChI=1S/C14H10N4O6/c15-13(19)12-7-10(18(23)24)5-6-11(12)14(20)16-8-1-3-9(4-2-8)17(21)22/h1-7H,(H2,15,19)(H,16,20). The van der Waals surface area contributed by atoms with Crippen LogP contribution in [0.4, 0.5) is 17.1 Å². The minimum Gasteiger partial charge on any atom is -0.366 e. The maximum Gasteiger partial charge on any atom is 0.270 e. The normalized spacial score (nSPS) is 10.0. The molecule has 2 aromatic carbocycles. The Hall–Kier alpha value is -3.82. The molecule has 0 saturated carbocycles. The summed E-state index contributed by atoms with van der Waals surface area (Å²) in [4.78, 5) is 43.6. The van der Waals surface area contributed by atoms with Crippen LogP contribution < -0.4 is 11.1 Å². The number of primary amides is 1. The van der Waals surface area contributed by atoms with Gasteiger partial charge in [0.25, 0.3) is 17.3 Å². The van der Waals surface area contributed by atoms with Gasteiger partial charge in [-0.25, -0.2) is 0 Å². The molecule has 0 spiro atoms. The molecule has 2 rings (SSSR count). The molecule has 10 heteroatoms. The first kappa shape index (κ1) is 16.5. The lowest BCUT2D eigenvalue weighted by atomic mass is 10.0. The monoisotopic (exact) mass is 330 g/mol. The molecule has 24 heavy (non-hydrogen) atoms. The Morgan fingerprint density at radius 2 is 1.42 bits per heavy atom. The highest BCUT2D eigenvalue weighted by molar-refractivity contribution is 6.12. The van der Waals surface area contributed by atoms with Crippen LogP contribution in [0.1, 0.15) is 20.7 Å². The third kappa shape index (κ3) is 3.50. The number of nitrogens with zero attached hydrogens (tertiary/aromatic N) is 2. The smallest absolute Gasteiger partial charge is 0.270 e. The predicted octanol–water partition coefficient (Wildman–Crippen LogP) is 1.85. The zero-order valence-corrected chi connectivity index (χ0v) is 12.0. The number of carbonyl (C=O) groups is 2. The molecule has 0 atom stereocenters. The van der Waals surface area contributed by atoms with Crippen molar-refractivity contribution in [1.82, 2.24) is 0 Å². The second-order valence-corrected chi connectivity index (χ2v) is 4.61. The van der Waals surface area contributed by atoms with Gasteiger partial charge >= 0.3 is 0 Å². The van der Waals surface area contributed by atoms with E-state index in [1.807, 2.05) is 0 Å². The Morgan fingerprint density at radius 1 is 0.875 bits per heavy atom. The van der Waals surface area contributed by atoms with Gasteiger partial charge in [0.15, 0.2) is 0 Å². The van der Waals surface area contributed by atoms with E-state index in [0.29, 0.717) is 0 Å². The summed E-state index contributed by atoms with van der Waals surface area (Å²) in [5.41, 5.74) is 4.42. The van der Waals surface area contributed by atoms with Gasteiger partial charge in [-0.2, -0.15) is 0 Å². The van der Waals surface area contributed by atoms with Gasteiger partial charge in [-0.05, 0) is 18.2 Å². The van der Waals surface area contributed by atoms with Gasteiger partial charge in [-0.15, -0.1) is 0 Å². The lowest BCUT2D eigenvalue weighted by Crippen LogP contribution is -2.20. The number of carbonyl (C=O) groups excluding carboxylic acids is 2. The van der Waals surface area contributed by atoms with Crippen LogP contribution >= 0.6 is 0 Å². The fourth-order valence-corrected chi connectivity index (χ4v) is 1.91. The summed E-state index contributed by atoms with van der Waals surface area (Å²) in [6.45, 7) is 0. The summed E-state index contributed by atoms with van der Waals surface area (Å²) in [5.74, 6) is -1.72. The molecule has 0 heterocycles. The molecule has 0 aromatic heterocycles. The average molecular weight is 330 g/mol. The number of nitrogens with one attached hydrogen (secondary N) is 1. The number of nitro groups is 2. The van der Waals surface area contributed by atoms with Gasteiger partial charge in [0, 0.05) is 30.0 Å². The Bertz CT molecular complexity index is 847. The zero-order valence-electron chi connectivity index (χ0n) is 12.0. The molecule has 3 N–H and O–H groups in total. The van der Waals surface area contributed by atoms with E-state index in [4.69, 9.17) is 5.73 Å². The van der Waals surface area contributed by atoms with Gasteiger partial charge in [0.2, 0.25) is 5.91 Å². The van der Waals surface area contributed by atoms with Crippen molar-refractivity contribution in [2.75, 3.05) is 5.32 Å². The van der Waals surface area contributed by atoms with Crippen LogP contribution in [0.2, 0.25) is 0 Å². The Morgan fingerprint density at radius 3 is 1.92 bits per heavy atom. The molecule has 0 aliphatic rings. The summed E-state index contributed by atoms with van der Waals surface area (Å²) in [6.07, 6.45) is 0. The van der Waals surface area contributed by atoms with Crippen LogP contribution in [0.15, 0.2) is 42.5 Å². The number of hydrogen-bond acceptors (Lipinski definition) is 6. The second-order valence-electron chi connectivity index (χ2n) is 4.61. The molecule has 0 radical (unpaired) electrons. The fraction of sp³-hybridized carbons (Fsp3) is 0. The Balaban J connectivity index is 2.30. The summed E-state index contributed by atoms with van der Waals surface area (Å²) in [6, 6.07) is 8.10. The lowest BCUT2D eigenvalue weighted by molar-refractivity contribution is -0.385. The van der Waals surface area contributed by atoms with Crippen LogP contribution in [-0.4, -0.2) is 21.7 Å². The summed E-state index contributed by atoms with van der Waals surface area (Å²) < 4.78 is 0. The van der Waals surface area contributed by atoms with Gasteiger partial charge < -0.3 is 11.1 Å². The van der Waals surface area contributed by atoms with Crippen LogP contribution in [0, 0.1) is 20.2 Å². The topological polar surface area (TPSA) is 158 Å². The maximum atomic E-state index is 12.2. The molecule has 0 aliphatic carbocycles. The van der Waals surface area contributed by atoms with E-state index in [-0.39, 0.29) is 28.2 Å². The van der Waals surface area contributed by atoms with Crippen molar-refractivity contribution in [3.05, 3.63) is 73.8 Å². The molecule has 2 amide bonds. The molecule has 0 unspecified atom stereocenters. The molecule has 0 aliphatic heterocycles. The Kier molecular flexibility index (Phi) is 4.50. The molecule has 2 aromatic rings. The van der Waals surface area contributed by atoms with Gasteiger partial charge in [0.05, 0.1) is 21.0 Å². The average Bonchev–Trinajstić information content (AvgIpc) is 2.54. The van der Waals surface area contributed by atoms with Crippen molar-refractivity contribution >= 4 is 28.9 Å². The van der Waals surface area contributed by atoms with Crippen LogP contribution in [0.25, 0.3) is 0 Å². The fourth-order valence-electron chi connectivity index (χ4n) is 1.91. The summed E-state index contributed by atoms with van der Waals surface area (Å²) in [5, 5.41) is 23.7. The minimum atomic E-state index is -0.993. The highest BCUT2D eigenvalue weighted by Crippen LogP contribution is 2.20. The van der Waals surface area contributed by atoms with E-state index in [1.165, 1.54) is 24.3 Å². The number of hydrogen-bond donors (Lipinski definition) is 2. The van der Waals surface area contributed by atoms with E-state index in [0.717, 1.165) is 18.2 Å². The van der Waals surface area contributed by atoms with Crippen molar-refractivity contribution in [1.29, 1.82) is 0 Å². The highest BCUT2D eigenvalue weighted by atomic mass is 16.6. The Labute approximate surface area is 134 Å². The molecule has 0 fully saturated rings. The zero-order chi connectivity index (χ0) is 17.9. The van der Waals surface area contributed by atoms with Crippen molar-refractivity contribution in [2.45, 2.75) is 0 Å². The van der Waals surface area contributed by atoms with E-state index < -0.39 is 21.7 Å². The first-order valence-corrected chi connectivity index (χ1v) is 6.43. The number of amides is 2. The molecule has 10 nitrogen and oxygen atoms in total. The maximum absolute atomic E-state index is 12.2. The van der Waals surface area contributed by atoms with Crippen molar-refractivity contribution in [3.8, 4) is 0 Å². The number of benzene rings is 2. The van der Waals surface area contributed by atoms with E-state index >= 15 is 0 Å². The number of anilines is 1. The minimum absolute atomic E-state index is 0.147. The highest BCUT2D eigenvalue weighted by Gasteiger charge is 2.19. The van der Waals surface area contributed by atoms with Crippen LogP contribution in [0.5, 0.6) is 0 Å². The van der Waals surface area contributed by atoms with E-state index in [9.17, 15) is 29.8 Å². The summed E-state index contributed by atoms with van der Waals surface area (Å²) in [7, 11) is 0. The third-order valence-corrected chi connectivity index (χ3v) is 3.06. The predicted molar refractivity (Wildman–Crippen MR) is 82.7 cm³/mol. The second kappa shape index (κ2) is 6.52. The number of rotatable bonds is 5. The third-order valence-electron chi connectivity index (χ3n) is 3.06. The number of nitrogens with two attached hydrogens (primary N) is 1. The molecule has 0 bridgehead atoms. The van der Waals surface area contributed by atoms with Crippen molar-refractivity contribution in [2.24, 2.45) is 5.73 Å². The first-order chi connectivity index (χ1) is 11.3. The summed E-state index contributed by atoms with van der Waals surface area (Å²) >= 11 is 0. The van der Waals surface area contributed by atoms with Crippen molar-refractivity contribution < 1.29 is 19.4 Å². The molecular formula is C14H10N4O6. The lowest BCUT2D eigenvalue weighted by Gasteiger charge is -2.08. The van der Waals surface area contributed by atoms with E-state index in [2.05, 4.69) is 5.32 Å². The molecule has 122 valence electrons. The molecular weight excluding hydrogens is 320 g/mol. The quantitative estimate of drug-likeness (QED) is 0.628. The van der Waals surface area contributed by atoms with Gasteiger partial charge in [-0.1, -0.05) is 0 Å². The molecule has 0 saturated heterocycles. The van der Waals surface area contributed by atoms with Crippen LogP contribution in [0.3, 0.4) is 0 Å².